The van der Waals surface area contributed by atoms with Gasteiger partial charge < -0.3 is 10.6 Å². The van der Waals surface area contributed by atoms with Gasteiger partial charge in [-0.25, -0.2) is 9.97 Å². The molecule has 0 aliphatic heterocycles. The standard InChI is InChI=1S/C14H18F3N5S2.HI/c1-8(2)12-21-9(6-24-12)4-19-13(18-3)20-5-11-22-10(7-23-11)14(15,16)17;/h6-8H,4-5H2,1-3H3,(H2,18,19,20);1H. The third-order valence-corrected chi connectivity index (χ3v) is 5.02. The van der Waals surface area contributed by atoms with E-state index in [0.29, 0.717) is 23.4 Å². The molecule has 0 fully saturated rings. The van der Waals surface area contributed by atoms with Gasteiger partial charge in [-0.15, -0.1) is 46.7 Å². The molecule has 0 saturated heterocycles. The predicted octanol–water partition coefficient (Wildman–Crippen LogP) is 4.23. The minimum atomic E-state index is -4.41. The maximum Gasteiger partial charge on any atom is 0.434 e. The Kier molecular flexibility index (Phi) is 8.54. The van der Waals surface area contributed by atoms with E-state index in [4.69, 9.17) is 0 Å². The number of rotatable bonds is 5. The fraction of sp³-hybridized carbons (Fsp3) is 0.500. The molecule has 140 valence electrons. The fourth-order valence-electron chi connectivity index (χ4n) is 1.75. The van der Waals surface area contributed by atoms with E-state index >= 15 is 0 Å². The van der Waals surface area contributed by atoms with Gasteiger partial charge >= 0.3 is 6.18 Å². The lowest BCUT2D eigenvalue weighted by Gasteiger charge is -2.09. The summed E-state index contributed by atoms with van der Waals surface area (Å²) in [6, 6.07) is 0. The molecule has 0 bridgehead atoms. The Balaban J connectivity index is 0.00000312. The minimum Gasteiger partial charge on any atom is -0.351 e. The number of nitrogens with one attached hydrogen (secondary N) is 2. The van der Waals surface area contributed by atoms with Crippen LogP contribution < -0.4 is 10.6 Å². The third-order valence-electron chi connectivity index (χ3n) is 2.97. The van der Waals surface area contributed by atoms with Gasteiger partial charge in [0.2, 0.25) is 0 Å². The number of guanidine groups is 1. The van der Waals surface area contributed by atoms with E-state index in [-0.39, 0.29) is 30.5 Å². The average Bonchev–Trinajstić information content (AvgIpc) is 3.16. The normalized spacial score (nSPS) is 12.2. The van der Waals surface area contributed by atoms with Gasteiger partial charge in [0.25, 0.3) is 0 Å². The van der Waals surface area contributed by atoms with Crippen LogP contribution in [0.5, 0.6) is 0 Å². The molecule has 11 heteroatoms. The monoisotopic (exact) mass is 505 g/mol. The number of hydrogen-bond acceptors (Lipinski definition) is 5. The van der Waals surface area contributed by atoms with Crippen molar-refractivity contribution in [3.05, 3.63) is 32.2 Å². The Morgan fingerprint density at radius 3 is 2.36 bits per heavy atom. The number of hydrogen-bond donors (Lipinski definition) is 2. The van der Waals surface area contributed by atoms with Crippen molar-refractivity contribution in [2.24, 2.45) is 4.99 Å². The zero-order valence-electron chi connectivity index (χ0n) is 13.8. The van der Waals surface area contributed by atoms with Gasteiger partial charge in [0, 0.05) is 23.7 Å². The van der Waals surface area contributed by atoms with Gasteiger partial charge in [-0.2, -0.15) is 13.2 Å². The number of alkyl halides is 3. The summed E-state index contributed by atoms with van der Waals surface area (Å²) >= 11 is 2.57. The molecule has 0 radical (unpaired) electrons. The van der Waals surface area contributed by atoms with E-state index in [0.717, 1.165) is 27.4 Å². The quantitative estimate of drug-likeness (QED) is 0.363. The first kappa shape index (κ1) is 22.1. The average molecular weight is 505 g/mol. The summed E-state index contributed by atoms with van der Waals surface area (Å²) in [7, 11) is 1.60. The molecule has 0 spiro atoms. The van der Waals surface area contributed by atoms with E-state index in [1.54, 1.807) is 18.4 Å². The van der Waals surface area contributed by atoms with Gasteiger partial charge in [0.1, 0.15) is 5.01 Å². The highest BCUT2D eigenvalue weighted by Gasteiger charge is 2.33. The van der Waals surface area contributed by atoms with Crippen LogP contribution in [0.25, 0.3) is 0 Å². The lowest BCUT2D eigenvalue weighted by molar-refractivity contribution is -0.140. The molecule has 2 aromatic heterocycles. The Hall–Kier alpha value is -0.950. The van der Waals surface area contributed by atoms with Crippen LogP contribution in [0.15, 0.2) is 15.8 Å². The molecule has 5 nitrogen and oxygen atoms in total. The molecule has 0 unspecified atom stereocenters. The number of aromatic nitrogens is 2. The van der Waals surface area contributed by atoms with Gasteiger partial charge in [-0.3, -0.25) is 4.99 Å². The first-order chi connectivity index (χ1) is 11.3. The SMILES string of the molecule is CN=C(NCc1csc(C(C)C)n1)NCc1nc(C(F)(F)F)cs1.I. The summed E-state index contributed by atoms with van der Waals surface area (Å²) in [5.74, 6) is 0.867. The highest BCUT2D eigenvalue weighted by atomic mass is 127. The Labute approximate surface area is 169 Å². The molecule has 2 heterocycles. The third kappa shape index (κ3) is 6.70. The van der Waals surface area contributed by atoms with E-state index in [1.807, 2.05) is 5.38 Å². The molecule has 0 aromatic carbocycles. The molecule has 2 N–H and O–H groups in total. The van der Waals surface area contributed by atoms with Crippen LogP contribution in [-0.4, -0.2) is 23.0 Å². The first-order valence-electron chi connectivity index (χ1n) is 7.20. The van der Waals surface area contributed by atoms with E-state index in [2.05, 4.69) is 39.4 Å². The Morgan fingerprint density at radius 2 is 1.84 bits per heavy atom. The van der Waals surface area contributed by atoms with Crippen LogP contribution in [0.3, 0.4) is 0 Å². The van der Waals surface area contributed by atoms with Crippen molar-refractivity contribution in [3.8, 4) is 0 Å². The molecule has 0 atom stereocenters. The number of halogens is 4. The van der Waals surface area contributed by atoms with E-state index in [9.17, 15) is 13.2 Å². The molecule has 0 amide bonds. The molecule has 0 saturated carbocycles. The van der Waals surface area contributed by atoms with Crippen LogP contribution in [0.4, 0.5) is 13.2 Å². The van der Waals surface area contributed by atoms with Crippen LogP contribution in [0.1, 0.15) is 41.2 Å². The van der Waals surface area contributed by atoms with E-state index < -0.39 is 11.9 Å². The van der Waals surface area contributed by atoms with Crippen molar-refractivity contribution in [3.63, 3.8) is 0 Å². The largest absolute Gasteiger partial charge is 0.434 e. The van der Waals surface area contributed by atoms with Crippen molar-refractivity contribution in [2.45, 2.75) is 39.0 Å². The summed E-state index contributed by atoms with van der Waals surface area (Å²) in [5.41, 5.74) is 0.0381. The zero-order valence-corrected chi connectivity index (χ0v) is 17.8. The van der Waals surface area contributed by atoms with Gasteiger partial charge in [-0.1, -0.05) is 13.8 Å². The van der Waals surface area contributed by atoms with Crippen molar-refractivity contribution in [2.75, 3.05) is 7.05 Å². The Morgan fingerprint density at radius 1 is 1.16 bits per heavy atom. The fourth-order valence-corrected chi connectivity index (χ4v) is 3.32. The molecular weight excluding hydrogens is 486 g/mol. The lowest BCUT2D eigenvalue weighted by atomic mass is 10.2. The molecule has 2 aromatic rings. The Bertz CT molecular complexity index is 697. The summed E-state index contributed by atoms with van der Waals surface area (Å²) in [6.45, 7) is 4.84. The molecule has 2 rings (SSSR count). The van der Waals surface area contributed by atoms with Gasteiger partial charge in [-0.05, 0) is 0 Å². The summed E-state index contributed by atoms with van der Waals surface area (Å²) in [6.07, 6.45) is -4.41. The predicted molar refractivity (Wildman–Crippen MR) is 106 cm³/mol. The molecule has 0 aliphatic carbocycles. The first-order valence-corrected chi connectivity index (χ1v) is 8.96. The topological polar surface area (TPSA) is 62.2 Å². The molecule has 25 heavy (non-hydrogen) atoms. The number of nitrogens with zero attached hydrogens (tertiary/aromatic N) is 3. The smallest absolute Gasteiger partial charge is 0.351 e. The van der Waals surface area contributed by atoms with Crippen molar-refractivity contribution >= 4 is 52.6 Å². The summed E-state index contributed by atoms with van der Waals surface area (Å²) < 4.78 is 37.5. The molecular formula is C14H19F3IN5S2. The second-order valence-corrected chi connectivity index (χ2v) is 7.07. The van der Waals surface area contributed by atoms with Crippen LogP contribution in [0, 0.1) is 0 Å². The maximum atomic E-state index is 12.5. The number of aliphatic imine (C=N–C) groups is 1. The van der Waals surface area contributed by atoms with E-state index in [1.165, 1.54) is 0 Å². The summed E-state index contributed by atoms with van der Waals surface area (Å²) in [5, 5.41) is 10.4. The van der Waals surface area contributed by atoms with Crippen LogP contribution >= 0.6 is 46.7 Å². The highest BCUT2D eigenvalue weighted by Crippen LogP contribution is 2.29. The van der Waals surface area contributed by atoms with Crippen molar-refractivity contribution in [1.82, 2.24) is 20.6 Å². The van der Waals surface area contributed by atoms with Gasteiger partial charge in [0.15, 0.2) is 11.7 Å². The second-order valence-electron chi connectivity index (χ2n) is 5.24. The van der Waals surface area contributed by atoms with Crippen LogP contribution in [0.2, 0.25) is 0 Å². The van der Waals surface area contributed by atoms with Gasteiger partial charge in [0.05, 0.1) is 23.8 Å². The molecule has 0 aliphatic rings. The summed E-state index contributed by atoms with van der Waals surface area (Å²) in [4.78, 5) is 12.1. The van der Waals surface area contributed by atoms with Crippen molar-refractivity contribution < 1.29 is 13.2 Å². The minimum absolute atomic E-state index is 0. The number of thiazole rings is 2. The second kappa shape index (κ2) is 9.67. The van der Waals surface area contributed by atoms with Crippen molar-refractivity contribution in [1.29, 1.82) is 0 Å². The lowest BCUT2D eigenvalue weighted by Crippen LogP contribution is -2.36. The maximum absolute atomic E-state index is 12.5. The highest BCUT2D eigenvalue weighted by molar-refractivity contribution is 14.0. The van der Waals surface area contributed by atoms with Crippen LogP contribution in [-0.2, 0) is 19.3 Å². The zero-order chi connectivity index (χ0) is 17.7.